The number of fused-ring (bicyclic) bond motifs is 3. The summed E-state index contributed by atoms with van der Waals surface area (Å²) < 4.78 is 7.03. The summed E-state index contributed by atoms with van der Waals surface area (Å²) in [4.78, 5) is 38.5. The van der Waals surface area contributed by atoms with Crippen molar-refractivity contribution < 1.29 is 35.8 Å². The monoisotopic (exact) mass is 577 g/mol. The third-order valence-corrected chi connectivity index (χ3v) is 9.30. The lowest BCUT2D eigenvalue weighted by molar-refractivity contribution is -0.939. The highest BCUT2D eigenvalue weighted by Crippen LogP contribution is 2.39. The summed E-state index contributed by atoms with van der Waals surface area (Å²) in [5.74, 6) is 0.643. The number of hydrogen-bond acceptors (Lipinski definition) is 7. The van der Waals surface area contributed by atoms with E-state index in [0.717, 1.165) is 62.4 Å². The normalized spacial score (nSPS) is 27.5. The van der Waals surface area contributed by atoms with Gasteiger partial charge in [0.25, 0.3) is 5.91 Å². The molecule has 2 aromatic rings. The number of piperidine rings is 4. The number of thiophene rings is 1. The molecule has 0 saturated carbocycles. The Bertz CT molecular complexity index is 1040. The van der Waals surface area contributed by atoms with Crippen LogP contribution in [0.15, 0.2) is 29.9 Å². The molecule has 1 unspecified atom stereocenters. The largest absolute Gasteiger partial charge is 1.00 e. The number of anilines is 1. The van der Waals surface area contributed by atoms with Crippen molar-refractivity contribution in [1.82, 2.24) is 14.9 Å². The van der Waals surface area contributed by atoms with Crippen molar-refractivity contribution in [1.29, 1.82) is 0 Å². The second kappa shape index (κ2) is 11.2. The predicted molar refractivity (Wildman–Crippen MR) is 135 cm³/mol. The number of rotatable bonds is 7. The molecule has 0 spiro atoms. The number of carbonyl (C=O) groups excluding carboxylic acids is 2. The van der Waals surface area contributed by atoms with E-state index in [-0.39, 0.29) is 35.0 Å². The molecule has 196 valence electrons. The number of hydrogen-bond donors (Lipinski definition) is 1. The lowest BCUT2D eigenvalue weighted by Crippen LogP contribution is -3.00. The van der Waals surface area contributed by atoms with Gasteiger partial charge in [-0.15, -0.1) is 11.3 Å². The highest BCUT2D eigenvalue weighted by Gasteiger charge is 2.51. The molecule has 6 rings (SSSR count). The Kier molecular flexibility index (Phi) is 8.49. The number of carbonyl (C=O) groups is 2. The molecule has 0 aromatic carbocycles. The Morgan fingerprint density at radius 1 is 1.19 bits per heavy atom. The van der Waals surface area contributed by atoms with E-state index >= 15 is 0 Å². The Morgan fingerprint density at radius 2 is 1.94 bits per heavy atom. The van der Waals surface area contributed by atoms with E-state index in [9.17, 15) is 9.59 Å². The van der Waals surface area contributed by atoms with Gasteiger partial charge in [0.05, 0.1) is 31.2 Å². The number of nitrogens with zero attached hydrogens (tertiary/aromatic N) is 4. The van der Waals surface area contributed by atoms with Crippen molar-refractivity contribution in [3.8, 4) is 0 Å². The number of ether oxygens (including phenoxy) is 1. The molecule has 10 heteroatoms. The first kappa shape index (κ1) is 27.2. The number of halogens is 1. The average molecular weight is 579 g/mol. The van der Waals surface area contributed by atoms with Crippen LogP contribution >= 0.6 is 11.3 Å². The smallest absolute Gasteiger partial charge is 0.332 e. The number of amides is 1. The standard InChI is InChI=1S/C26H35N5O3S.BrH/c1-19-15-28-23(16-27-19)29-24(32)18-31-12-8-20(9-13-31)21(17-31)34-25(33)26(2,22-7-6-14-35-22)30-10-4-3-5-11-30;/h6-7,14-16,20-21H,3-5,8-13,17-18H2,1-2H3;1H/t20?,21-,26?,31?;/m0./s1. The van der Waals surface area contributed by atoms with Crippen LogP contribution in [-0.2, 0) is 19.9 Å². The van der Waals surface area contributed by atoms with Crippen molar-refractivity contribution in [2.45, 2.75) is 57.6 Å². The van der Waals surface area contributed by atoms with Gasteiger partial charge in [0.1, 0.15) is 6.54 Å². The maximum absolute atomic E-state index is 13.8. The Morgan fingerprint density at radius 3 is 2.58 bits per heavy atom. The van der Waals surface area contributed by atoms with Crippen LogP contribution in [0, 0.1) is 12.8 Å². The summed E-state index contributed by atoms with van der Waals surface area (Å²) in [5.41, 5.74) is 0.0548. The van der Waals surface area contributed by atoms with Gasteiger partial charge in [-0.2, -0.15) is 0 Å². The fourth-order valence-electron chi connectivity index (χ4n) is 6.06. The van der Waals surface area contributed by atoms with Gasteiger partial charge in [-0.05, 0) is 51.2 Å². The summed E-state index contributed by atoms with van der Waals surface area (Å²) in [6.45, 7) is 8.69. The number of nitrogens with one attached hydrogen (secondary N) is 1. The number of quaternary nitrogens is 1. The molecule has 2 aromatic heterocycles. The van der Waals surface area contributed by atoms with Crippen LogP contribution in [0.2, 0.25) is 0 Å². The van der Waals surface area contributed by atoms with Gasteiger partial charge in [0, 0.05) is 23.6 Å². The third kappa shape index (κ3) is 5.51. The minimum absolute atomic E-state index is 0. The highest BCUT2D eigenvalue weighted by atomic mass is 79.9. The first-order valence-corrected chi connectivity index (χ1v) is 13.7. The summed E-state index contributed by atoms with van der Waals surface area (Å²) in [7, 11) is 0. The molecular formula is C26H36BrN5O3S. The number of aromatic nitrogens is 2. The van der Waals surface area contributed by atoms with Crippen molar-refractivity contribution >= 4 is 29.0 Å². The van der Waals surface area contributed by atoms with Gasteiger partial charge >= 0.3 is 5.97 Å². The molecule has 4 saturated heterocycles. The van der Waals surface area contributed by atoms with Crippen LogP contribution in [0.4, 0.5) is 5.82 Å². The van der Waals surface area contributed by atoms with Gasteiger partial charge in [0.15, 0.2) is 24.0 Å². The van der Waals surface area contributed by atoms with E-state index in [1.807, 2.05) is 25.3 Å². The molecule has 1 amide bonds. The topological polar surface area (TPSA) is 84.4 Å². The highest BCUT2D eigenvalue weighted by molar-refractivity contribution is 7.10. The van der Waals surface area contributed by atoms with Crippen LogP contribution in [0.25, 0.3) is 0 Å². The maximum atomic E-state index is 13.8. The Hall–Kier alpha value is -1.88. The molecule has 2 atom stereocenters. The van der Waals surface area contributed by atoms with E-state index in [4.69, 9.17) is 4.74 Å². The van der Waals surface area contributed by atoms with Crippen molar-refractivity contribution in [3.63, 3.8) is 0 Å². The van der Waals surface area contributed by atoms with E-state index < -0.39 is 5.54 Å². The number of likely N-dealkylation sites (tertiary alicyclic amines) is 1. The molecular weight excluding hydrogens is 542 g/mol. The number of aryl methyl sites for hydroxylation is 1. The molecule has 0 aliphatic carbocycles. The molecule has 4 aliphatic rings. The van der Waals surface area contributed by atoms with E-state index in [1.54, 1.807) is 23.7 Å². The first-order chi connectivity index (χ1) is 16.9. The third-order valence-electron chi connectivity index (χ3n) is 8.21. The SMILES string of the molecule is Cc1cnc(NC(=O)C[N+]23CCC(CC2)[C@@H](OC(=O)C(C)(c2cccs2)N2CCCCC2)C3)cn1.[Br-]. The fourth-order valence-corrected chi connectivity index (χ4v) is 6.96. The van der Waals surface area contributed by atoms with Crippen LogP contribution in [-0.4, -0.2) is 76.6 Å². The van der Waals surface area contributed by atoms with Crippen LogP contribution < -0.4 is 22.3 Å². The van der Waals surface area contributed by atoms with Gasteiger partial charge in [0.2, 0.25) is 0 Å². The minimum Gasteiger partial charge on any atom is -1.00 e. The van der Waals surface area contributed by atoms with E-state index in [1.165, 1.54) is 6.42 Å². The first-order valence-electron chi connectivity index (χ1n) is 12.8. The summed E-state index contributed by atoms with van der Waals surface area (Å²) >= 11 is 1.63. The molecule has 1 N–H and O–H groups in total. The molecule has 2 bridgehead atoms. The van der Waals surface area contributed by atoms with Gasteiger partial charge < -0.3 is 31.5 Å². The average Bonchev–Trinajstić information content (AvgIpc) is 3.41. The zero-order chi connectivity index (χ0) is 24.5. The molecule has 4 aliphatic heterocycles. The van der Waals surface area contributed by atoms with Crippen molar-refractivity contribution in [2.24, 2.45) is 5.92 Å². The van der Waals surface area contributed by atoms with Crippen LogP contribution in [0.3, 0.4) is 0 Å². The van der Waals surface area contributed by atoms with Gasteiger partial charge in [-0.1, -0.05) is 12.5 Å². The summed E-state index contributed by atoms with van der Waals surface area (Å²) in [6, 6.07) is 4.07. The van der Waals surface area contributed by atoms with Gasteiger partial charge in [-0.25, -0.2) is 9.78 Å². The van der Waals surface area contributed by atoms with Crippen LogP contribution in [0.1, 0.15) is 49.6 Å². The van der Waals surface area contributed by atoms with Gasteiger partial charge in [-0.3, -0.25) is 14.7 Å². The predicted octanol–water partition coefficient (Wildman–Crippen LogP) is 0.343. The fraction of sp³-hybridized carbons (Fsp3) is 0.615. The van der Waals surface area contributed by atoms with Crippen molar-refractivity contribution in [3.05, 3.63) is 40.5 Å². The van der Waals surface area contributed by atoms with E-state index in [0.29, 0.717) is 29.3 Å². The molecule has 0 radical (unpaired) electrons. The van der Waals surface area contributed by atoms with Crippen molar-refractivity contribution in [2.75, 3.05) is 44.6 Å². The quantitative estimate of drug-likeness (QED) is 0.377. The summed E-state index contributed by atoms with van der Waals surface area (Å²) in [5, 5.41) is 4.93. The molecule has 6 heterocycles. The Labute approximate surface area is 227 Å². The number of esters is 1. The lowest BCUT2D eigenvalue weighted by atomic mass is 9.83. The zero-order valence-corrected chi connectivity index (χ0v) is 23.5. The molecule has 8 nitrogen and oxygen atoms in total. The summed E-state index contributed by atoms with van der Waals surface area (Å²) in [6.07, 6.45) is 8.49. The van der Waals surface area contributed by atoms with Crippen LogP contribution in [0.5, 0.6) is 0 Å². The molecule has 36 heavy (non-hydrogen) atoms. The zero-order valence-electron chi connectivity index (χ0n) is 21.1. The minimum atomic E-state index is -0.757. The maximum Gasteiger partial charge on any atom is 0.332 e. The second-order valence-corrected chi connectivity index (χ2v) is 11.5. The lowest BCUT2D eigenvalue weighted by Gasteiger charge is -2.52. The Balaban J connectivity index is 0.00000304. The second-order valence-electron chi connectivity index (χ2n) is 10.6. The van der Waals surface area contributed by atoms with E-state index in [2.05, 4.69) is 26.3 Å². The molecule has 4 fully saturated rings.